The minimum absolute atomic E-state index is 0.0689. The predicted octanol–water partition coefficient (Wildman–Crippen LogP) is 7.76. The number of alkyl halides is 3. The predicted molar refractivity (Wildman–Crippen MR) is 125 cm³/mol. The number of nitrogens with zero attached hydrogens (tertiary/aromatic N) is 2. The van der Waals surface area contributed by atoms with E-state index in [1.165, 1.54) is 32.0 Å². The third kappa shape index (κ3) is 4.78. The first-order valence-corrected chi connectivity index (χ1v) is 10.8. The van der Waals surface area contributed by atoms with Crippen LogP contribution in [0.15, 0.2) is 72.9 Å². The van der Waals surface area contributed by atoms with Crippen molar-refractivity contribution in [2.24, 2.45) is 0 Å². The van der Waals surface area contributed by atoms with Crippen LogP contribution in [0.3, 0.4) is 0 Å². The molecule has 0 spiro atoms. The smallest absolute Gasteiger partial charge is 0.384 e. The molecule has 1 N–H and O–H groups in total. The van der Waals surface area contributed by atoms with Crippen molar-refractivity contribution >= 4 is 23.2 Å². The molecule has 0 aliphatic rings. The molecule has 33 heavy (non-hydrogen) atoms. The molecule has 3 nitrogen and oxygen atoms in total. The second-order valence-electron chi connectivity index (χ2n) is 8.10. The van der Waals surface area contributed by atoms with Crippen LogP contribution >= 0.6 is 23.2 Å². The van der Waals surface area contributed by atoms with Crippen LogP contribution in [0.2, 0.25) is 10.0 Å². The molecule has 4 rings (SSSR count). The topological polar surface area (TPSA) is 38.0 Å². The first kappa shape index (κ1) is 23.4. The van der Waals surface area contributed by atoms with Gasteiger partial charge >= 0.3 is 6.18 Å². The van der Waals surface area contributed by atoms with E-state index in [9.17, 15) is 18.3 Å². The summed E-state index contributed by atoms with van der Waals surface area (Å²) < 4.78 is 42.8. The lowest BCUT2D eigenvalue weighted by molar-refractivity contribution is -0.137. The Morgan fingerprint density at radius 3 is 2.27 bits per heavy atom. The second kappa shape index (κ2) is 8.52. The van der Waals surface area contributed by atoms with E-state index in [0.29, 0.717) is 15.7 Å². The fourth-order valence-electron chi connectivity index (χ4n) is 3.53. The highest BCUT2D eigenvalue weighted by Gasteiger charge is 2.35. The van der Waals surface area contributed by atoms with Gasteiger partial charge in [-0.15, -0.1) is 0 Å². The van der Waals surface area contributed by atoms with E-state index in [1.807, 2.05) is 6.07 Å². The molecule has 170 valence electrons. The Balaban J connectivity index is 1.94. The first-order valence-electron chi connectivity index (χ1n) is 10.00. The van der Waals surface area contributed by atoms with Gasteiger partial charge in [-0.1, -0.05) is 59.6 Å². The molecule has 0 aliphatic heterocycles. The summed E-state index contributed by atoms with van der Waals surface area (Å²) in [5.41, 5.74) is 0.0275. The molecule has 1 aromatic heterocycles. The van der Waals surface area contributed by atoms with Crippen LogP contribution in [0.1, 0.15) is 25.1 Å². The molecule has 0 saturated carbocycles. The number of hydrogen-bond donors (Lipinski definition) is 1. The summed E-state index contributed by atoms with van der Waals surface area (Å²) in [6.45, 7) is 3.06. The number of rotatable bonds is 4. The van der Waals surface area contributed by atoms with Gasteiger partial charge < -0.3 is 5.11 Å². The Morgan fingerprint density at radius 2 is 1.61 bits per heavy atom. The highest BCUT2D eigenvalue weighted by atomic mass is 35.5. The van der Waals surface area contributed by atoms with Crippen LogP contribution in [0.5, 0.6) is 0 Å². The summed E-state index contributed by atoms with van der Waals surface area (Å²) in [5, 5.41) is 11.5. The summed E-state index contributed by atoms with van der Waals surface area (Å²) in [4.78, 5) is 4.40. The van der Waals surface area contributed by atoms with E-state index in [0.717, 1.165) is 17.2 Å². The SMILES string of the molecule is CC(C)(O)c1cn(-c2cccc(-c3ccc(Cl)cc3Cl)c2)c(-c2ccccc2C(F)(F)F)n1. The van der Waals surface area contributed by atoms with Gasteiger partial charge in [-0.25, -0.2) is 4.98 Å². The standard InChI is InChI=1S/C25H19Cl2F3N2O/c1-24(2,33)22-14-32(23(31-22)19-8-3-4-9-20(19)25(28,29)30)17-7-5-6-15(12-17)18-11-10-16(26)13-21(18)27/h3-14,33H,1-2H3. The van der Waals surface area contributed by atoms with Gasteiger partial charge in [0.25, 0.3) is 0 Å². The molecule has 0 unspecified atom stereocenters. The normalized spacial score (nSPS) is 12.2. The molecule has 8 heteroatoms. The lowest BCUT2D eigenvalue weighted by atomic mass is 10.0. The summed E-state index contributed by atoms with van der Waals surface area (Å²) in [7, 11) is 0. The molecule has 0 saturated heterocycles. The van der Waals surface area contributed by atoms with Crippen molar-refractivity contribution < 1.29 is 18.3 Å². The third-order valence-corrected chi connectivity index (χ3v) is 5.72. The van der Waals surface area contributed by atoms with Crippen molar-refractivity contribution in [1.29, 1.82) is 0 Å². The lowest BCUT2D eigenvalue weighted by Crippen LogP contribution is -2.15. The highest BCUT2D eigenvalue weighted by molar-refractivity contribution is 6.36. The summed E-state index contributed by atoms with van der Waals surface area (Å²) >= 11 is 12.4. The zero-order valence-electron chi connectivity index (χ0n) is 17.7. The quantitative estimate of drug-likeness (QED) is 0.317. The van der Waals surface area contributed by atoms with Gasteiger partial charge in [0, 0.05) is 33.1 Å². The molecule has 0 radical (unpaired) electrons. The average Bonchev–Trinajstić information content (AvgIpc) is 3.19. The Labute approximate surface area is 199 Å². The zero-order valence-corrected chi connectivity index (χ0v) is 19.2. The van der Waals surface area contributed by atoms with Gasteiger partial charge in [0.1, 0.15) is 11.4 Å². The molecule has 1 heterocycles. The fourth-order valence-corrected chi connectivity index (χ4v) is 4.05. The monoisotopic (exact) mass is 490 g/mol. The van der Waals surface area contributed by atoms with Gasteiger partial charge in [0.15, 0.2) is 0 Å². The molecular weight excluding hydrogens is 472 g/mol. The van der Waals surface area contributed by atoms with Crippen molar-refractivity contribution in [2.75, 3.05) is 0 Å². The highest BCUT2D eigenvalue weighted by Crippen LogP contribution is 2.39. The van der Waals surface area contributed by atoms with Crippen molar-refractivity contribution in [3.8, 4) is 28.2 Å². The fraction of sp³-hybridized carbons (Fsp3) is 0.160. The van der Waals surface area contributed by atoms with Crippen LogP contribution in [-0.4, -0.2) is 14.7 Å². The molecule has 0 aliphatic carbocycles. The Kier molecular flexibility index (Phi) is 6.03. The molecular formula is C25H19Cl2F3N2O. The summed E-state index contributed by atoms with van der Waals surface area (Å²) in [5.74, 6) is 0.0689. The third-order valence-electron chi connectivity index (χ3n) is 5.17. The van der Waals surface area contributed by atoms with E-state index in [2.05, 4.69) is 4.98 Å². The molecule has 0 fully saturated rings. The molecule has 0 amide bonds. The van der Waals surface area contributed by atoms with Gasteiger partial charge in [-0.3, -0.25) is 4.57 Å². The van der Waals surface area contributed by atoms with E-state index >= 15 is 0 Å². The number of hydrogen-bond acceptors (Lipinski definition) is 2. The second-order valence-corrected chi connectivity index (χ2v) is 8.94. The maximum atomic E-state index is 13.8. The van der Waals surface area contributed by atoms with Crippen LogP contribution in [0, 0.1) is 0 Å². The van der Waals surface area contributed by atoms with Crippen LogP contribution in [0.4, 0.5) is 13.2 Å². The largest absolute Gasteiger partial charge is 0.417 e. The van der Waals surface area contributed by atoms with E-state index in [1.54, 1.807) is 47.2 Å². The number of aliphatic hydroxyl groups is 1. The number of benzene rings is 3. The Morgan fingerprint density at radius 1 is 0.879 bits per heavy atom. The minimum atomic E-state index is -4.57. The Bertz CT molecular complexity index is 1320. The van der Waals surface area contributed by atoms with Gasteiger partial charge in [0.2, 0.25) is 0 Å². The van der Waals surface area contributed by atoms with Gasteiger partial charge in [-0.05, 0) is 49.7 Å². The van der Waals surface area contributed by atoms with Crippen molar-refractivity contribution in [2.45, 2.75) is 25.6 Å². The zero-order chi connectivity index (χ0) is 24.0. The van der Waals surface area contributed by atoms with Crippen LogP contribution in [-0.2, 0) is 11.8 Å². The number of halogens is 5. The maximum Gasteiger partial charge on any atom is 0.417 e. The minimum Gasteiger partial charge on any atom is -0.384 e. The first-order chi connectivity index (χ1) is 15.4. The number of imidazole rings is 1. The van der Waals surface area contributed by atoms with Crippen LogP contribution in [0.25, 0.3) is 28.2 Å². The molecule has 0 atom stereocenters. The number of aromatic nitrogens is 2. The average molecular weight is 491 g/mol. The van der Waals surface area contributed by atoms with Crippen molar-refractivity contribution in [3.05, 3.63) is 94.2 Å². The maximum absolute atomic E-state index is 13.8. The Hall–Kier alpha value is -2.80. The van der Waals surface area contributed by atoms with Crippen molar-refractivity contribution in [1.82, 2.24) is 9.55 Å². The van der Waals surface area contributed by atoms with Gasteiger partial charge in [0.05, 0.1) is 11.3 Å². The lowest BCUT2D eigenvalue weighted by Gasteiger charge is -2.15. The van der Waals surface area contributed by atoms with Crippen LogP contribution < -0.4 is 0 Å². The summed E-state index contributed by atoms with van der Waals surface area (Å²) in [6, 6.07) is 17.5. The van der Waals surface area contributed by atoms with E-state index < -0.39 is 17.3 Å². The molecule has 4 aromatic rings. The van der Waals surface area contributed by atoms with E-state index in [-0.39, 0.29) is 17.1 Å². The molecule has 0 bridgehead atoms. The summed E-state index contributed by atoms with van der Waals surface area (Å²) in [6.07, 6.45) is -3.02. The van der Waals surface area contributed by atoms with Crippen molar-refractivity contribution in [3.63, 3.8) is 0 Å². The van der Waals surface area contributed by atoms with E-state index in [4.69, 9.17) is 23.2 Å². The van der Waals surface area contributed by atoms with Gasteiger partial charge in [-0.2, -0.15) is 13.2 Å². The molecule has 3 aromatic carbocycles.